The summed E-state index contributed by atoms with van der Waals surface area (Å²) < 4.78 is 5.31. The molecule has 0 amide bonds. The normalized spacial score (nSPS) is 17.4. The molecule has 0 aromatic heterocycles. The number of aliphatic imine (C=N–C) groups is 1. The minimum atomic E-state index is 0.480. The van der Waals surface area contributed by atoms with E-state index in [1.54, 1.807) is 0 Å². The average Bonchev–Trinajstić information content (AvgIpc) is 2.46. The number of anilines is 1. The molecule has 1 saturated heterocycles. The fourth-order valence-electron chi connectivity index (χ4n) is 2.03. The highest BCUT2D eigenvalue weighted by Gasteiger charge is 2.08. The first kappa shape index (κ1) is 13.8. The number of hydrogen-bond donors (Lipinski definition) is 2. The summed E-state index contributed by atoms with van der Waals surface area (Å²) in [5.74, 6) is 0.480. The Morgan fingerprint density at radius 1 is 1.26 bits per heavy atom. The van der Waals surface area contributed by atoms with Crippen LogP contribution < -0.4 is 11.1 Å². The molecule has 1 heterocycles. The molecular formula is C14H22N4O. The lowest BCUT2D eigenvalue weighted by Gasteiger charge is -2.26. The van der Waals surface area contributed by atoms with Gasteiger partial charge in [-0.25, -0.2) is 0 Å². The maximum absolute atomic E-state index is 5.83. The molecule has 1 aliphatic heterocycles. The van der Waals surface area contributed by atoms with Gasteiger partial charge in [-0.1, -0.05) is 18.2 Å². The first-order valence-corrected chi connectivity index (χ1v) is 6.77. The number of hydrogen-bond acceptors (Lipinski definition) is 3. The molecule has 0 atom stereocenters. The largest absolute Gasteiger partial charge is 0.379 e. The highest BCUT2D eigenvalue weighted by Crippen LogP contribution is 2.04. The van der Waals surface area contributed by atoms with Crippen LogP contribution in [0, 0.1) is 0 Å². The Kier molecular flexibility index (Phi) is 5.65. The molecule has 0 aliphatic carbocycles. The van der Waals surface area contributed by atoms with Crippen molar-refractivity contribution in [1.29, 1.82) is 0 Å². The highest BCUT2D eigenvalue weighted by molar-refractivity contribution is 5.92. The summed E-state index contributed by atoms with van der Waals surface area (Å²) in [5.41, 5.74) is 6.80. The Labute approximate surface area is 114 Å². The number of rotatable bonds is 5. The second-order valence-electron chi connectivity index (χ2n) is 4.57. The number of ether oxygens (including phenoxy) is 1. The van der Waals surface area contributed by atoms with Crippen molar-refractivity contribution in [1.82, 2.24) is 4.90 Å². The van der Waals surface area contributed by atoms with Crippen molar-refractivity contribution in [3.63, 3.8) is 0 Å². The molecular weight excluding hydrogens is 240 g/mol. The van der Waals surface area contributed by atoms with E-state index in [1.165, 1.54) is 0 Å². The monoisotopic (exact) mass is 262 g/mol. The molecule has 1 fully saturated rings. The number of guanidine groups is 1. The lowest BCUT2D eigenvalue weighted by Crippen LogP contribution is -2.37. The summed E-state index contributed by atoms with van der Waals surface area (Å²) >= 11 is 0. The molecule has 19 heavy (non-hydrogen) atoms. The van der Waals surface area contributed by atoms with E-state index in [0.29, 0.717) is 5.96 Å². The van der Waals surface area contributed by atoms with Gasteiger partial charge in [-0.2, -0.15) is 0 Å². The van der Waals surface area contributed by atoms with E-state index in [4.69, 9.17) is 10.5 Å². The molecule has 3 N–H and O–H groups in total. The van der Waals surface area contributed by atoms with Crippen LogP contribution in [0.5, 0.6) is 0 Å². The lowest BCUT2D eigenvalue weighted by molar-refractivity contribution is 0.0377. The van der Waals surface area contributed by atoms with Crippen molar-refractivity contribution in [2.75, 3.05) is 44.7 Å². The van der Waals surface area contributed by atoms with Gasteiger partial charge in [0.25, 0.3) is 0 Å². The van der Waals surface area contributed by atoms with Gasteiger partial charge in [-0.3, -0.25) is 9.89 Å². The van der Waals surface area contributed by atoms with Crippen LogP contribution in [0.4, 0.5) is 5.69 Å². The summed E-state index contributed by atoms with van der Waals surface area (Å²) in [6, 6.07) is 9.84. The van der Waals surface area contributed by atoms with Gasteiger partial charge in [-0.15, -0.1) is 0 Å². The Balaban J connectivity index is 1.64. The first-order valence-electron chi connectivity index (χ1n) is 6.77. The van der Waals surface area contributed by atoms with Crippen molar-refractivity contribution < 1.29 is 4.74 Å². The standard InChI is InChI=1S/C14H22N4O/c15-14(17-13-5-2-1-3-6-13)16-7-4-8-18-9-11-19-12-10-18/h1-3,5-6H,4,7-12H2,(H3,15,16,17). The van der Waals surface area contributed by atoms with Gasteiger partial charge in [0, 0.05) is 31.9 Å². The maximum atomic E-state index is 5.83. The van der Waals surface area contributed by atoms with Crippen molar-refractivity contribution >= 4 is 11.6 Å². The van der Waals surface area contributed by atoms with Gasteiger partial charge in [-0.05, 0) is 18.6 Å². The van der Waals surface area contributed by atoms with E-state index < -0.39 is 0 Å². The third-order valence-electron chi connectivity index (χ3n) is 3.06. The van der Waals surface area contributed by atoms with E-state index >= 15 is 0 Å². The van der Waals surface area contributed by atoms with Gasteiger partial charge < -0.3 is 15.8 Å². The number of nitrogens with zero attached hydrogens (tertiary/aromatic N) is 2. The maximum Gasteiger partial charge on any atom is 0.193 e. The smallest absolute Gasteiger partial charge is 0.193 e. The Hall–Kier alpha value is -1.59. The summed E-state index contributed by atoms with van der Waals surface area (Å²) in [4.78, 5) is 6.73. The SMILES string of the molecule is NC(=NCCCN1CCOCC1)Nc1ccccc1. The fourth-order valence-corrected chi connectivity index (χ4v) is 2.03. The Morgan fingerprint density at radius 3 is 2.74 bits per heavy atom. The zero-order valence-electron chi connectivity index (χ0n) is 11.2. The third kappa shape index (κ3) is 5.28. The van der Waals surface area contributed by atoms with Crippen LogP contribution in [0.1, 0.15) is 6.42 Å². The van der Waals surface area contributed by atoms with Crippen LogP contribution in [0.2, 0.25) is 0 Å². The summed E-state index contributed by atoms with van der Waals surface area (Å²) in [6.45, 7) is 5.57. The van der Waals surface area contributed by atoms with E-state index in [-0.39, 0.29) is 0 Å². The van der Waals surface area contributed by atoms with Gasteiger partial charge >= 0.3 is 0 Å². The van der Waals surface area contributed by atoms with E-state index in [0.717, 1.165) is 51.5 Å². The zero-order valence-corrected chi connectivity index (χ0v) is 11.2. The van der Waals surface area contributed by atoms with Gasteiger partial charge in [0.15, 0.2) is 5.96 Å². The van der Waals surface area contributed by atoms with E-state index in [2.05, 4.69) is 15.2 Å². The molecule has 5 nitrogen and oxygen atoms in total. The predicted molar refractivity (Wildman–Crippen MR) is 78.4 cm³/mol. The summed E-state index contributed by atoms with van der Waals surface area (Å²) in [7, 11) is 0. The van der Waals surface area contributed by atoms with Gasteiger partial charge in [0.1, 0.15) is 0 Å². The molecule has 0 bridgehead atoms. The van der Waals surface area contributed by atoms with E-state index in [1.807, 2.05) is 30.3 Å². The minimum absolute atomic E-state index is 0.480. The second kappa shape index (κ2) is 7.76. The van der Waals surface area contributed by atoms with E-state index in [9.17, 15) is 0 Å². The fraction of sp³-hybridized carbons (Fsp3) is 0.500. The van der Waals surface area contributed by atoms with Crippen LogP contribution in [0.3, 0.4) is 0 Å². The summed E-state index contributed by atoms with van der Waals surface area (Å²) in [6.07, 6.45) is 1.02. The van der Waals surface area contributed by atoms with Crippen LogP contribution in [0.15, 0.2) is 35.3 Å². The molecule has 2 rings (SSSR count). The number of nitrogens with two attached hydrogens (primary N) is 1. The van der Waals surface area contributed by atoms with Crippen LogP contribution in [-0.4, -0.2) is 50.3 Å². The molecule has 1 aromatic carbocycles. The van der Waals surface area contributed by atoms with Crippen molar-refractivity contribution in [2.24, 2.45) is 10.7 Å². The number of para-hydroxylation sites is 1. The number of nitrogens with one attached hydrogen (secondary N) is 1. The number of morpholine rings is 1. The van der Waals surface area contributed by atoms with Crippen molar-refractivity contribution in [3.05, 3.63) is 30.3 Å². The quantitative estimate of drug-likeness (QED) is 0.474. The molecule has 0 unspecified atom stereocenters. The molecule has 1 aliphatic rings. The molecule has 5 heteroatoms. The summed E-state index contributed by atoms with van der Waals surface area (Å²) in [5, 5.41) is 3.07. The third-order valence-corrected chi connectivity index (χ3v) is 3.06. The van der Waals surface area contributed by atoms with Gasteiger partial charge in [0.05, 0.1) is 13.2 Å². The van der Waals surface area contributed by atoms with Crippen molar-refractivity contribution in [2.45, 2.75) is 6.42 Å². The Morgan fingerprint density at radius 2 is 2.00 bits per heavy atom. The number of benzene rings is 1. The molecule has 1 aromatic rings. The predicted octanol–water partition coefficient (Wildman–Crippen LogP) is 1.14. The Bertz CT molecular complexity index is 388. The zero-order chi connectivity index (χ0) is 13.3. The molecule has 104 valence electrons. The highest BCUT2D eigenvalue weighted by atomic mass is 16.5. The average molecular weight is 262 g/mol. The minimum Gasteiger partial charge on any atom is -0.379 e. The van der Waals surface area contributed by atoms with Crippen LogP contribution >= 0.6 is 0 Å². The van der Waals surface area contributed by atoms with Crippen molar-refractivity contribution in [3.8, 4) is 0 Å². The first-order chi connectivity index (χ1) is 9.34. The molecule has 0 radical (unpaired) electrons. The second-order valence-corrected chi connectivity index (χ2v) is 4.57. The van der Waals surface area contributed by atoms with Crippen LogP contribution in [-0.2, 0) is 4.74 Å². The molecule has 0 spiro atoms. The topological polar surface area (TPSA) is 62.9 Å². The lowest BCUT2D eigenvalue weighted by atomic mass is 10.3. The van der Waals surface area contributed by atoms with Gasteiger partial charge in [0.2, 0.25) is 0 Å². The van der Waals surface area contributed by atoms with Crippen LogP contribution in [0.25, 0.3) is 0 Å². The molecule has 0 saturated carbocycles.